The normalized spacial score (nSPS) is 8.80. The maximum Gasteiger partial charge on any atom is 0.137 e. The summed E-state index contributed by atoms with van der Waals surface area (Å²) in [6.45, 7) is 3.51. The van der Waals surface area contributed by atoms with Crippen molar-refractivity contribution in [2.45, 2.75) is 0 Å². The Morgan fingerprint density at radius 2 is 2.00 bits per heavy atom. The van der Waals surface area contributed by atoms with E-state index >= 15 is 0 Å². The van der Waals surface area contributed by atoms with Gasteiger partial charge in [-0.15, -0.1) is 0 Å². The van der Waals surface area contributed by atoms with E-state index in [0.29, 0.717) is 0 Å². The minimum absolute atomic E-state index is 0.854. The topological polar surface area (TPSA) is 9.23 Å². The van der Waals surface area contributed by atoms with Crippen LogP contribution in [0.1, 0.15) is 0 Å². The molecule has 0 spiro atoms. The zero-order chi connectivity index (χ0) is 7.23. The fourth-order valence-electron chi connectivity index (χ4n) is 0.566. The van der Waals surface area contributed by atoms with Gasteiger partial charge in [0.2, 0.25) is 0 Å². The molecule has 2 heteroatoms. The number of rotatable bonds is 3. The zero-order valence-electron chi connectivity index (χ0n) is 5.49. The molecule has 0 aliphatic rings. The van der Waals surface area contributed by atoms with Crippen molar-refractivity contribution in [2.24, 2.45) is 0 Å². The summed E-state index contributed by atoms with van der Waals surface area (Å²) >= 11 is 1.23. The number of hydrogen-bond donors (Lipinski definition) is 0. The molecular formula is C8H8OS. The number of benzene rings is 1. The highest BCUT2D eigenvalue weighted by molar-refractivity contribution is 7.97. The van der Waals surface area contributed by atoms with E-state index in [2.05, 4.69) is 6.58 Å². The van der Waals surface area contributed by atoms with Gasteiger partial charge >= 0.3 is 0 Å². The molecule has 0 aliphatic carbocycles. The van der Waals surface area contributed by atoms with Crippen molar-refractivity contribution < 1.29 is 4.18 Å². The quantitative estimate of drug-likeness (QED) is 0.616. The first kappa shape index (κ1) is 7.22. The lowest BCUT2D eigenvalue weighted by Crippen LogP contribution is -1.75. The van der Waals surface area contributed by atoms with Gasteiger partial charge in [0.05, 0.1) is 12.0 Å². The first-order valence-electron chi connectivity index (χ1n) is 2.93. The van der Waals surface area contributed by atoms with Crippen LogP contribution in [0.2, 0.25) is 0 Å². The van der Waals surface area contributed by atoms with Crippen LogP contribution >= 0.6 is 12.0 Å². The highest BCUT2D eigenvalue weighted by Crippen LogP contribution is 2.14. The second-order valence-corrected chi connectivity index (χ2v) is 2.35. The Kier molecular flexibility index (Phi) is 2.90. The average Bonchev–Trinajstić information content (AvgIpc) is 2.03. The van der Waals surface area contributed by atoms with Crippen molar-refractivity contribution in [1.82, 2.24) is 0 Å². The van der Waals surface area contributed by atoms with Crippen LogP contribution in [0.15, 0.2) is 42.3 Å². The summed E-state index contributed by atoms with van der Waals surface area (Å²) in [7, 11) is 0. The molecule has 0 saturated heterocycles. The highest BCUT2D eigenvalue weighted by atomic mass is 32.2. The molecule has 0 aliphatic heterocycles. The van der Waals surface area contributed by atoms with Crippen LogP contribution in [0.5, 0.6) is 5.75 Å². The van der Waals surface area contributed by atoms with Crippen molar-refractivity contribution in [1.29, 1.82) is 0 Å². The zero-order valence-corrected chi connectivity index (χ0v) is 6.30. The monoisotopic (exact) mass is 152 g/mol. The van der Waals surface area contributed by atoms with Gasteiger partial charge in [-0.2, -0.15) is 0 Å². The molecule has 0 atom stereocenters. The van der Waals surface area contributed by atoms with Gasteiger partial charge in [-0.1, -0.05) is 24.8 Å². The Balaban J connectivity index is 2.50. The molecule has 10 heavy (non-hydrogen) atoms. The lowest BCUT2D eigenvalue weighted by Gasteiger charge is -1.97. The average molecular weight is 152 g/mol. The summed E-state index contributed by atoms with van der Waals surface area (Å²) in [5, 5.41) is 1.65. The second-order valence-electron chi connectivity index (χ2n) is 1.66. The molecule has 1 nitrogen and oxygen atoms in total. The molecule has 0 N–H and O–H groups in total. The maximum absolute atomic E-state index is 5.15. The molecule has 0 aromatic heterocycles. The minimum Gasteiger partial charge on any atom is -0.421 e. The molecule has 52 valence electrons. The third-order valence-corrected chi connectivity index (χ3v) is 1.38. The first-order valence-corrected chi connectivity index (χ1v) is 3.73. The molecule has 0 bridgehead atoms. The van der Waals surface area contributed by atoms with E-state index in [9.17, 15) is 0 Å². The standard InChI is InChI=1S/C8H8OS/c1-2-10-9-8-6-4-3-5-7-8/h2-7H,1H2. The van der Waals surface area contributed by atoms with Crippen LogP contribution in [0.3, 0.4) is 0 Å². The molecule has 0 fully saturated rings. The van der Waals surface area contributed by atoms with Crippen molar-refractivity contribution in [3.8, 4) is 5.75 Å². The Bertz CT molecular complexity index is 196. The van der Waals surface area contributed by atoms with Crippen molar-refractivity contribution in [3.63, 3.8) is 0 Å². The largest absolute Gasteiger partial charge is 0.421 e. The maximum atomic E-state index is 5.15. The van der Waals surface area contributed by atoms with E-state index in [1.807, 2.05) is 30.3 Å². The Hall–Kier alpha value is -0.890. The molecule has 0 heterocycles. The molecule has 0 saturated carbocycles. The first-order chi connectivity index (χ1) is 4.93. The lowest BCUT2D eigenvalue weighted by molar-refractivity contribution is 0.652. The van der Waals surface area contributed by atoms with E-state index in [-0.39, 0.29) is 0 Å². The van der Waals surface area contributed by atoms with Crippen molar-refractivity contribution >= 4 is 12.0 Å². The van der Waals surface area contributed by atoms with E-state index < -0.39 is 0 Å². The Morgan fingerprint density at radius 3 is 2.60 bits per heavy atom. The minimum atomic E-state index is 0.854. The van der Waals surface area contributed by atoms with Gasteiger partial charge in [0, 0.05) is 5.41 Å². The van der Waals surface area contributed by atoms with Gasteiger partial charge in [-0.3, -0.25) is 0 Å². The molecule has 0 radical (unpaired) electrons. The molecular weight excluding hydrogens is 144 g/mol. The third kappa shape index (κ3) is 2.15. The summed E-state index contributed by atoms with van der Waals surface area (Å²) in [5.74, 6) is 0.854. The number of para-hydroxylation sites is 1. The van der Waals surface area contributed by atoms with E-state index in [1.54, 1.807) is 5.41 Å². The summed E-state index contributed by atoms with van der Waals surface area (Å²) in [4.78, 5) is 0. The molecule has 1 aromatic carbocycles. The summed E-state index contributed by atoms with van der Waals surface area (Å²) in [5.41, 5.74) is 0. The van der Waals surface area contributed by atoms with Crippen molar-refractivity contribution in [2.75, 3.05) is 0 Å². The molecule has 1 aromatic rings. The van der Waals surface area contributed by atoms with Gasteiger partial charge in [0.25, 0.3) is 0 Å². The molecule has 0 amide bonds. The molecule has 0 unspecified atom stereocenters. The van der Waals surface area contributed by atoms with Gasteiger partial charge in [0.15, 0.2) is 0 Å². The smallest absolute Gasteiger partial charge is 0.137 e. The van der Waals surface area contributed by atoms with Crippen LogP contribution in [-0.2, 0) is 0 Å². The van der Waals surface area contributed by atoms with Gasteiger partial charge in [-0.25, -0.2) is 0 Å². The van der Waals surface area contributed by atoms with Crippen LogP contribution in [0.25, 0.3) is 0 Å². The summed E-state index contributed by atoms with van der Waals surface area (Å²) < 4.78 is 5.15. The van der Waals surface area contributed by atoms with Crippen LogP contribution in [0, 0.1) is 0 Å². The van der Waals surface area contributed by atoms with Gasteiger partial charge in [-0.05, 0) is 12.1 Å². The van der Waals surface area contributed by atoms with Crippen LogP contribution < -0.4 is 4.18 Å². The SMILES string of the molecule is C=CSOc1ccccc1. The van der Waals surface area contributed by atoms with E-state index in [0.717, 1.165) is 5.75 Å². The summed E-state index contributed by atoms with van der Waals surface area (Å²) in [6, 6.07) is 9.61. The number of hydrogen-bond acceptors (Lipinski definition) is 2. The fourth-order valence-corrected chi connectivity index (χ4v) is 0.856. The Morgan fingerprint density at radius 1 is 1.30 bits per heavy atom. The summed E-state index contributed by atoms with van der Waals surface area (Å²) in [6.07, 6.45) is 0. The third-order valence-electron chi connectivity index (χ3n) is 0.956. The van der Waals surface area contributed by atoms with Gasteiger partial charge < -0.3 is 4.18 Å². The Labute approximate surface area is 64.9 Å². The second kappa shape index (κ2) is 4.01. The highest BCUT2D eigenvalue weighted by Gasteiger charge is 1.86. The van der Waals surface area contributed by atoms with Crippen LogP contribution in [0.4, 0.5) is 0 Å². The molecule has 1 rings (SSSR count). The predicted octanol–water partition coefficient (Wildman–Crippen LogP) is 2.86. The van der Waals surface area contributed by atoms with Crippen molar-refractivity contribution in [3.05, 3.63) is 42.3 Å². The van der Waals surface area contributed by atoms with E-state index in [1.165, 1.54) is 12.0 Å². The van der Waals surface area contributed by atoms with E-state index in [4.69, 9.17) is 4.18 Å². The van der Waals surface area contributed by atoms with Gasteiger partial charge in [0.1, 0.15) is 5.75 Å². The van der Waals surface area contributed by atoms with Crippen LogP contribution in [-0.4, -0.2) is 0 Å². The fraction of sp³-hybridized carbons (Fsp3) is 0. The predicted molar refractivity (Wildman–Crippen MR) is 44.9 cm³/mol. The lowest BCUT2D eigenvalue weighted by atomic mass is 10.3.